The van der Waals surface area contributed by atoms with Crippen LogP contribution < -0.4 is 10.1 Å². The van der Waals surface area contributed by atoms with Crippen LogP contribution in [0.2, 0.25) is 0 Å². The summed E-state index contributed by atoms with van der Waals surface area (Å²) >= 11 is 0. The summed E-state index contributed by atoms with van der Waals surface area (Å²) in [6, 6.07) is 2.82. The van der Waals surface area contributed by atoms with Gasteiger partial charge in [0.05, 0.1) is 12.0 Å². The monoisotopic (exact) mass is 227 g/mol. The zero-order chi connectivity index (χ0) is 12.0. The number of ether oxygens (including phenoxy) is 1. The van der Waals surface area contributed by atoms with Gasteiger partial charge in [-0.3, -0.25) is 10.1 Å². The molecule has 0 fully saturated rings. The van der Waals surface area contributed by atoms with Gasteiger partial charge in [0.1, 0.15) is 5.82 Å². The second-order valence-corrected chi connectivity index (χ2v) is 2.99. The molecule has 7 nitrogen and oxygen atoms in total. The average molecular weight is 227 g/mol. The average Bonchev–Trinajstić information content (AvgIpc) is 2.29. The Balaban J connectivity index is 2.78. The molecular formula is C9H13N3O4. The number of pyridine rings is 1. The van der Waals surface area contributed by atoms with Crippen molar-refractivity contribution in [1.29, 1.82) is 0 Å². The standard InChI is InChI=1S/C9H13N3O4/c1-16-9-7(12(14)15)3-4-8(11-9)10-5-2-6-13/h3-4,13H,2,5-6H2,1H3,(H,10,11). The normalized spacial score (nSPS) is 9.88. The van der Waals surface area contributed by atoms with Crippen LogP contribution in [-0.2, 0) is 0 Å². The molecule has 0 unspecified atom stereocenters. The van der Waals surface area contributed by atoms with E-state index in [-0.39, 0.29) is 18.2 Å². The molecule has 1 aromatic rings. The Morgan fingerprint density at radius 1 is 1.62 bits per heavy atom. The summed E-state index contributed by atoms with van der Waals surface area (Å²) < 4.78 is 4.81. The van der Waals surface area contributed by atoms with E-state index in [1.54, 1.807) is 0 Å². The van der Waals surface area contributed by atoms with Crippen LogP contribution in [0.4, 0.5) is 11.5 Å². The number of aliphatic hydroxyl groups is 1. The Kier molecular flexibility index (Phi) is 4.46. The largest absolute Gasteiger partial charge is 0.476 e. The number of nitrogens with zero attached hydrogens (tertiary/aromatic N) is 2. The summed E-state index contributed by atoms with van der Waals surface area (Å²) in [5, 5.41) is 22.1. The van der Waals surface area contributed by atoms with E-state index in [2.05, 4.69) is 10.3 Å². The lowest BCUT2D eigenvalue weighted by Crippen LogP contribution is -2.06. The topological polar surface area (TPSA) is 97.5 Å². The van der Waals surface area contributed by atoms with Gasteiger partial charge in [-0.2, -0.15) is 4.98 Å². The first-order valence-electron chi connectivity index (χ1n) is 4.73. The van der Waals surface area contributed by atoms with E-state index < -0.39 is 4.92 Å². The van der Waals surface area contributed by atoms with Gasteiger partial charge in [-0.05, 0) is 12.5 Å². The van der Waals surface area contributed by atoms with E-state index in [9.17, 15) is 10.1 Å². The van der Waals surface area contributed by atoms with E-state index in [4.69, 9.17) is 9.84 Å². The third-order valence-electron chi connectivity index (χ3n) is 1.87. The summed E-state index contributed by atoms with van der Waals surface area (Å²) in [6.07, 6.45) is 0.584. The maximum absolute atomic E-state index is 10.6. The first-order chi connectivity index (χ1) is 7.69. The summed E-state index contributed by atoms with van der Waals surface area (Å²) in [6.45, 7) is 0.627. The lowest BCUT2D eigenvalue weighted by atomic mass is 10.4. The highest BCUT2D eigenvalue weighted by atomic mass is 16.6. The SMILES string of the molecule is COc1nc(NCCCO)ccc1[N+](=O)[O-]. The molecule has 1 aromatic heterocycles. The van der Waals surface area contributed by atoms with Crippen molar-refractivity contribution < 1.29 is 14.8 Å². The molecule has 0 aliphatic heterocycles. The maximum atomic E-state index is 10.6. The van der Waals surface area contributed by atoms with Gasteiger partial charge >= 0.3 is 5.69 Å². The highest BCUT2D eigenvalue weighted by molar-refractivity contribution is 5.48. The van der Waals surface area contributed by atoms with E-state index in [1.165, 1.54) is 19.2 Å². The van der Waals surface area contributed by atoms with Crippen molar-refractivity contribution in [3.8, 4) is 5.88 Å². The molecule has 1 rings (SSSR count). The summed E-state index contributed by atoms with van der Waals surface area (Å²) in [7, 11) is 1.33. The molecule has 0 atom stereocenters. The molecule has 7 heteroatoms. The van der Waals surface area contributed by atoms with Crippen LogP contribution in [0.15, 0.2) is 12.1 Å². The van der Waals surface area contributed by atoms with Gasteiger partial charge < -0.3 is 15.2 Å². The summed E-state index contributed by atoms with van der Waals surface area (Å²) in [5.41, 5.74) is -0.171. The molecule has 0 saturated carbocycles. The smallest absolute Gasteiger partial charge is 0.331 e. The molecule has 0 spiro atoms. The first kappa shape index (κ1) is 12.2. The Labute approximate surface area is 92.2 Å². The van der Waals surface area contributed by atoms with Crippen LogP contribution in [0.3, 0.4) is 0 Å². The van der Waals surface area contributed by atoms with Crippen molar-refractivity contribution in [2.45, 2.75) is 6.42 Å². The van der Waals surface area contributed by atoms with Crippen LogP contribution in [0, 0.1) is 10.1 Å². The van der Waals surface area contributed by atoms with Gasteiger partial charge in [0.15, 0.2) is 0 Å². The number of hydrogen-bond donors (Lipinski definition) is 2. The first-order valence-corrected chi connectivity index (χ1v) is 4.73. The fourth-order valence-electron chi connectivity index (χ4n) is 1.12. The Morgan fingerprint density at radius 2 is 2.38 bits per heavy atom. The predicted octanol–water partition coefficient (Wildman–Crippen LogP) is 0.793. The number of aromatic nitrogens is 1. The zero-order valence-electron chi connectivity index (χ0n) is 8.84. The van der Waals surface area contributed by atoms with Gasteiger partial charge in [0.2, 0.25) is 0 Å². The van der Waals surface area contributed by atoms with E-state index in [0.29, 0.717) is 18.8 Å². The van der Waals surface area contributed by atoms with Gasteiger partial charge in [0, 0.05) is 19.2 Å². The second kappa shape index (κ2) is 5.86. The molecule has 2 N–H and O–H groups in total. The number of hydrogen-bond acceptors (Lipinski definition) is 6. The number of nitro groups is 1. The minimum atomic E-state index is -0.552. The van der Waals surface area contributed by atoms with Crippen molar-refractivity contribution in [3.63, 3.8) is 0 Å². The maximum Gasteiger partial charge on any atom is 0.331 e. The van der Waals surface area contributed by atoms with E-state index in [0.717, 1.165) is 0 Å². The van der Waals surface area contributed by atoms with Crippen molar-refractivity contribution in [3.05, 3.63) is 22.2 Å². The molecule has 16 heavy (non-hydrogen) atoms. The number of rotatable bonds is 6. The molecular weight excluding hydrogens is 214 g/mol. The van der Waals surface area contributed by atoms with E-state index in [1.807, 2.05) is 0 Å². The van der Waals surface area contributed by atoms with Crippen LogP contribution in [-0.4, -0.2) is 35.3 Å². The molecule has 0 aromatic carbocycles. The van der Waals surface area contributed by atoms with Gasteiger partial charge in [-0.25, -0.2) is 0 Å². The number of aliphatic hydroxyl groups excluding tert-OH is 1. The molecule has 0 saturated heterocycles. The minimum Gasteiger partial charge on any atom is -0.476 e. The zero-order valence-corrected chi connectivity index (χ0v) is 8.84. The fraction of sp³-hybridized carbons (Fsp3) is 0.444. The van der Waals surface area contributed by atoms with Gasteiger partial charge in [0.25, 0.3) is 5.88 Å². The molecule has 0 amide bonds. The van der Waals surface area contributed by atoms with Crippen molar-refractivity contribution in [2.24, 2.45) is 0 Å². The highest BCUT2D eigenvalue weighted by Crippen LogP contribution is 2.25. The number of anilines is 1. The second-order valence-electron chi connectivity index (χ2n) is 2.99. The molecule has 0 bridgehead atoms. The molecule has 0 radical (unpaired) electrons. The number of nitrogens with one attached hydrogen (secondary N) is 1. The van der Waals surface area contributed by atoms with Crippen LogP contribution in [0.5, 0.6) is 5.88 Å². The van der Waals surface area contributed by atoms with Crippen LogP contribution in [0.1, 0.15) is 6.42 Å². The molecule has 88 valence electrons. The highest BCUT2D eigenvalue weighted by Gasteiger charge is 2.16. The van der Waals surface area contributed by atoms with Crippen LogP contribution >= 0.6 is 0 Å². The van der Waals surface area contributed by atoms with Crippen molar-refractivity contribution >= 4 is 11.5 Å². The van der Waals surface area contributed by atoms with Crippen LogP contribution in [0.25, 0.3) is 0 Å². The van der Waals surface area contributed by atoms with Gasteiger partial charge in [-0.15, -0.1) is 0 Å². The quantitative estimate of drug-likeness (QED) is 0.423. The lowest BCUT2D eigenvalue weighted by molar-refractivity contribution is -0.386. The Hall–Kier alpha value is -1.89. The third-order valence-corrected chi connectivity index (χ3v) is 1.87. The Morgan fingerprint density at radius 3 is 2.94 bits per heavy atom. The molecule has 0 aliphatic carbocycles. The fourth-order valence-corrected chi connectivity index (χ4v) is 1.12. The predicted molar refractivity (Wildman–Crippen MR) is 57.6 cm³/mol. The lowest BCUT2D eigenvalue weighted by Gasteiger charge is -2.06. The van der Waals surface area contributed by atoms with E-state index >= 15 is 0 Å². The molecule has 1 heterocycles. The third kappa shape index (κ3) is 3.06. The van der Waals surface area contributed by atoms with Crippen molar-refractivity contribution in [1.82, 2.24) is 4.98 Å². The molecule has 0 aliphatic rings. The van der Waals surface area contributed by atoms with Crippen molar-refractivity contribution in [2.75, 3.05) is 25.6 Å². The van der Waals surface area contributed by atoms with Gasteiger partial charge in [-0.1, -0.05) is 0 Å². The Bertz CT molecular complexity index is 370. The number of methoxy groups -OCH3 is 1. The summed E-state index contributed by atoms with van der Waals surface area (Å²) in [4.78, 5) is 14.0. The summed E-state index contributed by atoms with van der Waals surface area (Å²) in [5.74, 6) is 0.454. The minimum absolute atomic E-state index is 0.0287.